The molecule has 0 saturated heterocycles. The zero-order valence-electron chi connectivity index (χ0n) is 11.7. The van der Waals surface area contributed by atoms with E-state index in [9.17, 15) is 10.2 Å². The molecule has 2 heteroatoms. The molecular weight excluding hydrogens is 260 g/mol. The van der Waals surface area contributed by atoms with Crippen molar-refractivity contribution in [1.82, 2.24) is 0 Å². The van der Waals surface area contributed by atoms with Crippen molar-refractivity contribution in [3.05, 3.63) is 71.3 Å². The third-order valence-corrected chi connectivity index (χ3v) is 4.46. The Bertz CT molecular complexity index is 851. The molecule has 2 atom stereocenters. The number of aryl methyl sites for hydroxylation is 1. The fourth-order valence-corrected chi connectivity index (χ4v) is 3.32. The number of hydrogen-bond donors (Lipinski definition) is 2. The van der Waals surface area contributed by atoms with Crippen LogP contribution in [0.2, 0.25) is 0 Å². The Kier molecular flexibility index (Phi) is 2.64. The first kappa shape index (κ1) is 12.6. The van der Waals surface area contributed by atoms with Gasteiger partial charge in [-0.25, -0.2) is 0 Å². The predicted molar refractivity (Wildman–Crippen MR) is 84.0 cm³/mol. The van der Waals surface area contributed by atoms with Crippen LogP contribution in [0.5, 0.6) is 0 Å². The molecular formula is C19H16O2. The van der Waals surface area contributed by atoms with Gasteiger partial charge in [0, 0.05) is 0 Å². The highest BCUT2D eigenvalue weighted by atomic mass is 16.3. The van der Waals surface area contributed by atoms with Gasteiger partial charge in [0.25, 0.3) is 0 Å². The second-order valence-electron chi connectivity index (χ2n) is 5.71. The summed E-state index contributed by atoms with van der Waals surface area (Å²) in [6.45, 7) is 2.06. The van der Waals surface area contributed by atoms with Gasteiger partial charge in [0.1, 0.15) is 12.2 Å². The minimum absolute atomic E-state index is 0.796. The number of benzene rings is 3. The number of fused-ring (bicyclic) bond motifs is 4. The van der Waals surface area contributed by atoms with Gasteiger partial charge in [-0.05, 0) is 57.6 Å². The molecule has 0 radical (unpaired) electrons. The summed E-state index contributed by atoms with van der Waals surface area (Å²) in [5, 5.41) is 23.1. The molecule has 0 aliphatic heterocycles. The number of aliphatic hydroxyl groups excluding tert-OH is 2. The van der Waals surface area contributed by atoms with Crippen molar-refractivity contribution in [2.75, 3.05) is 0 Å². The first-order valence-corrected chi connectivity index (χ1v) is 7.15. The summed E-state index contributed by atoms with van der Waals surface area (Å²) in [5.41, 5.74) is 4.80. The quantitative estimate of drug-likeness (QED) is 0.654. The highest BCUT2D eigenvalue weighted by Crippen LogP contribution is 2.45. The first-order chi connectivity index (χ1) is 10.2. The molecule has 0 bridgehead atoms. The molecule has 2 N–H and O–H groups in total. The highest BCUT2D eigenvalue weighted by molar-refractivity contribution is 5.92. The lowest BCUT2D eigenvalue weighted by Crippen LogP contribution is -2.17. The fraction of sp³-hybridized carbons (Fsp3) is 0.158. The standard InChI is InChI=1S/C19H16O2/c1-11-5-4-6-12-9-16-13-7-2-3-8-14(13)18(20)19(21)17(16)10-15(11)12/h2-10,18-21H,1H3/t18-,19+/m0/s1. The van der Waals surface area contributed by atoms with Crippen LogP contribution in [0.15, 0.2) is 54.6 Å². The van der Waals surface area contributed by atoms with Crippen molar-refractivity contribution in [2.45, 2.75) is 19.1 Å². The summed E-state index contributed by atoms with van der Waals surface area (Å²) in [6.07, 6.45) is -1.74. The summed E-state index contributed by atoms with van der Waals surface area (Å²) < 4.78 is 0. The minimum atomic E-state index is -0.876. The lowest BCUT2D eigenvalue weighted by atomic mass is 9.80. The van der Waals surface area contributed by atoms with Crippen molar-refractivity contribution in [3.63, 3.8) is 0 Å². The molecule has 0 fully saturated rings. The molecule has 3 aromatic rings. The van der Waals surface area contributed by atoms with E-state index in [-0.39, 0.29) is 0 Å². The monoisotopic (exact) mass is 276 g/mol. The van der Waals surface area contributed by atoms with Crippen molar-refractivity contribution in [3.8, 4) is 11.1 Å². The van der Waals surface area contributed by atoms with Crippen LogP contribution in [-0.4, -0.2) is 10.2 Å². The lowest BCUT2D eigenvalue weighted by Gasteiger charge is -2.29. The van der Waals surface area contributed by atoms with E-state index < -0.39 is 12.2 Å². The van der Waals surface area contributed by atoms with Gasteiger partial charge in [-0.15, -0.1) is 0 Å². The summed E-state index contributed by atoms with van der Waals surface area (Å²) in [5.74, 6) is 0. The van der Waals surface area contributed by atoms with E-state index in [0.717, 1.165) is 33.0 Å². The number of aliphatic hydroxyl groups is 2. The van der Waals surface area contributed by atoms with Gasteiger partial charge in [-0.1, -0.05) is 42.5 Å². The Morgan fingerprint density at radius 1 is 0.762 bits per heavy atom. The Morgan fingerprint density at radius 2 is 1.52 bits per heavy atom. The Hall–Kier alpha value is -2.16. The van der Waals surface area contributed by atoms with E-state index >= 15 is 0 Å². The smallest absolute Gasteiger partial charge is 0.110 e. The van der Waals surface area contributed by atoms with Crippen LogP contribution in [0.4, 0.5) is 0 Å². The minimum Gasteiger partial charge on any atom is -0.385 e. The average molecular weight is 276 g/mol. The molecule has 2 nitrogen and oxygen atoms in total. The zero-order valence-corrected chi connectivity index (χ0v) is 11.7. The molecule has 0 aromatic heterocycles. The van der Waals surface area contributed by atoms with Crippen molar-refractivity contribution >= 4 is 10.8 Å². The van der Waals surface area contributed by atoms with E-state index in [0.29, 0.717) is 0 Å². The maximum atomic E-state index is 10.5. The van der Waals surface area contributed by atoms with Gasteiger partial charge in [0.2, 0.25) is 0 Å². The van der Waals surface area contributed by atoms with E-state index in [4.69, 9.17) is 0 Å². The van der Waals surface area contributed by atoms with Gasteiger partial charge < -0.3 is 10.2 Å². The average Bonchev–Trinajstić information content (AvgIpc) is 2.52. The Balaban J connectivity index is 2.10. The predicted octanol–water partition coefficient (Wildman–Crippen LogP) is 3.90. The number of hydrogen-bond acceptors (Lipinski definition) is 2. The molecule has 0 heterocycles. The normalized spacial score (nSPS) is 20.1. The van der Waals surface area contributed by atoms with E-state index in [1.807, 2.05) is 36.4 Å². The molecule has 3 aromatic carbocycles. The van der Waals surface area contributed by atoms with Gasteiger partial charge in [0.15, 0.2) is 0 Å². The SMILES string of the molecule is Cc1cccc2cc3c(cc12)[C@@H](O)[C@@H](O)c1ccccc1-3. The largest absolute Gasteiger partial charge is 0.385 e. The Morgan fingerprint density at radius 3 is 2.38 bits per heavy atom. The van der Waals surface area contributed by atoms with Crippen LogP contribution in [0.1, 0.15) is 28.9 Å². The summed E-state index contributed by atoms with van der Waals surface area (Å²) >= 11 is 0. The van der Waals surface area contributed by atoms with E-state index in [1.54, 1.807) is 0 Å². The molecule has 0 spiro atoms. The third kappa shape index (κ3) is 1.73. The van der Waals surface area contributed by atoms with Crippen molar-refractivity contribution in [2.24, 2.45) is 0 Å². The molecule has 21 heavy (non-hydrogen) atoms. The van der Waals surface area contributed by atoms with Gasteiger partial charge in [-0.2, -0.15) is 0 Å². The van der Waals surface area contributed by atoms with Crippen LogP contribution in [0.3, 0.4) is 0 Å². The highest BCUT2D eigenvalue weighted by Gasteiger charge is 2.31. The van der Waals surface area contributed by atoms with Crippen molar-refractivity contribution in [1.29, 1.82) is 0 Å². The van der Waals surface area contributed by atoms with Crippen LogP contribution in [0.25, 0.3) is 21.9 Å². The zero-order chi connectivity index (χ0) is 14.6. The second kappa shape index (κ2) is 4.42. The van der Waals surface area contributed by atoms with Crippen LogP contribution < -0.4 is 0 Å². The summed E-state index contributed by atoms with van der Waals surface area (Å²) in [6, 6.07) is 18.1. The second-order valence-corrected chi connectivity index (χ2v) is 5.71. The summed E-state index contributed by atoms with van der Waals surface area (Å²) in [7, 11) is 0. The van der Waals surface area contributed by atoms with Crippen LogP contribution >= 0.6 is 0 Å². The van der Waals surface area contributed by atoms with Crippen LogP contribution in [-0.2, 0) is 0 Å². The van der Waals surface area contributed by atoms with Gasteiger partial charge in [-0.3, -0.25) is 0 Å². The van der Waals surface area contributed by atoms with E-state index in [1.165, 1.54) is 5.56 Å². The fourth-order valence-electron chi connectivity index (χ4n) is 3.32. The maximum absolute atomic E-state index is 10.5. The number of rotatable bonds is 0. The first-order valence-electron chi connectivity index (χ1n) is 7.15. The van der Waals surface area contributed by atoms with Crippen LogP contribution in [0, 0.1) is 6.92 Å². The lowest BCUT2D eigenvalue weighted by molar-refractivity contribution is 0.0159. The Labute approximate surface area is 123 Å². The molecule has 1 aliphatic carbocycles. The summed E-state index contributed by atoms with van der Waals surface area (Å²) in [4.78, 5) is 0. The third-order valence-electron chi connectivity index (χ3n) is 4.46. The molecule has 0 saturated carbocycles. The topological polar surface area (TPSA) is 40.5 Å². The maximum Gasteiger partial charge on any atom is 0.110 e. The molecule has 4 rings (SSSR count). The molecule has 1 aliphatic rings. The van der Waals surface area contributed by atoms with Crippen molar-refractivity contribution < 1.29 is 10.2 Å². The van der Waals surface area contributed by atoms with Gasteiger partial charge >= 0.3 is 0 Å². The van der Waals surface area contributed by atoms with Gasteiger partial charge in [0.05, 0.1) is 0 Å². The molecule has 104 valence electrons. The van der Waals surface area contributed by atoms with E-state index in [2.05, 4.69) is 25.1 Å². The molecule has 0 unspecified atom stereocenters. The molecule has 0 amide bonds.